The standard InChI is InChI=1S/C16H15F3N2O4S/c1-26(24,25)12(16(20)23)5-7-21-6-4-9(8-13(21)22)14-10(17)2-3-11(18)15(14)19/h2-4,6,8,12H,5,7H2,1H3,(H2,20,23). The molecule has 1 amide bonds. The van der Waals surface area contributed by atoms with Gasteiger partial charge in [-0.3, -0.25) is 9.59 Å². The fourth-order valence-electron chi connectivity index (χ4n) is 2.46. The van der Waals surface area contributed by atoms with E-state index in [9.17, 15) is 31.2 Å². The lowest BCUT2D eigenvalue weighted by Gasteiger charge is -2.13. The number of nitrogens with two attached hydrogens (primary N) is 1. The summed E-state index contributed by atoms with van der Waals surface area (Å²) in [5, 5.41) is -1.47. The summed E-state index contributed by atoms with van der Waals surface area (Å²) in [5.74, 6) is -4.76. The summed E-state index contributed by atoms with van der Waals surface area (Å²) in [6, 6.07) is 3.44. The molecule has 0 saturated heterocycles. The molecule has 10 heteroatoms. The van der Waals surface area contributed by atoms with E-state index in [-0.39, 0.29) is 18.5 Å². The first-order chi connectivity index (χ1) is 12.0. The van der Waals surface area contributed by atoms with Crippen molar-refractivity contribution in [3.05, 3.63) is 58.3 Å². The zero-order valence-electron chi connectivity index (χ0n) is 13.6. The van der Waals surface area contributed by atoms with E-state index in [1.807, 2.05) is 0 Å². The molecule has 2 rings (SSSR count). The minimum absolute atomic E-state index is 0.159. The highest BCUT2D eigenvalue weighted by Crippen LogP contribution is 2.26. The molecule has 1 aromatic carbocycles. The number of pyridine rings is 1. The lowest BCUT2D eigenvalue weighted by Crippen LogP contribution is -2.37. The predicted octanol–water partition coefficient (Wildman–Crippen LogP) is 1.22. The molecule has 0 fully saturated rings. The SMILES string of the molecule is CS(=O)(=O)C(CCn1ccc(-c2c(F)ccc(F)c2F)cc1=O)C(N)=O. The van der Waals surface area contributed by atoms with Gasteiger partial charge in [-0.15, -0.1) is 0 Å². The Morgan fingerprint density at radius 2 is 1.81 bits per heavy atom. The smallest absolute Gasteiger partial charge is 0.251 e. The summed E-state index contributed by atoms with van der Waals surface area (Å²) in [7, 11) is -3.75. The van der Waals surface area contributed by atoms with Crippen LogP contribution in [-0.4, -0.2) is 30.4 Å². The van der Waals surface area contributed by atoms with Crippen LogP contribution in [0.4, 0.5) is 13.2 Å². The van der Waals surface area contributed by atoms with Crippen molar-refractivity contribution in [2.24, 2.45) is 5.73 Å². The van der Waals surface area contributed by atoms with Gasteiger partial charge in [-0.25, -0.2) is 21.6 Å². The van der Waals surface area contributed by atoms with E-state index >= 15 is 0 Å². The Hall–Kier alpha value is -2.62. The maximum atomic E-state index is 13.8. The molecule has 1 atom stereocenters. The number of sulfone groups is 1. The number of aromatic nitrogens is 1. The van der Waals surface area contributed by atoms with Gasteiger partial charge < -0.3 is 10.3 Å². The molecule has 1 heterocycles. The van der Waals surface area contributed by atoms with Crippen molar-refractivity contribution in [1.29, 1.82) is 0 Å². The fourth-order valence-corrected chi connectivity index (χ4v) is 3.42. The normalized spacial score (nSPS) is 12.8. The van der Waals surface area contributed by atoms with Gasteiger partial charge >= 0.3 is 0 Å². The number of benzene rings is 1. The van der Waals surface area contributed by atoms with E-state index in [1.54, 1.807) is 0 Å². The van der Waals surface area contributed by atoms with Gasteiger partial charge in [-0.2, -0.15) is 0 Å². The van der Waals surface area contributed by atoms with Crippen LogP contribution in [0.25, 0.3) is 11.1 Å². The lowest BCUT2D eigenvalue weighted by atomic mass is 10.1. The summed E-state index contributed by atoms with van der Waals surface area (Å²) in [6.45, 7) is -0.159. The first kappa shape index (κ1) is 19.7. The molecule has 0 aliphatic carbocycles. The van der Waals surface area contributed by atoms with Crippen LogP contribution >= 0.6 is 0 Å². The highest BCUT2D eigenvalue weighted by Gasteiger charge is 2.26. The van der Waals surface area contributed by atoms with Crippen LogP contribution in [-0.2, 0) is 21.2 Å². The van der Waals surface area contributed by atoms with E-state index < -0.39 is 49.6 Å². The summed E-state index contributed by atoms with van der Waals surface area (Å²) in [6.07, 6.45) is 1.78. The number of hydrogen-bond donors (Lipinski definition) is 1. The quantitative estimate of drug-likeness (QED) is 0.752. The maximum absolute atomic E-state index is 13.8. The number of amides is 1. The molecule has 0 aliphatic heterocycles. The Bertz CT molecular complexity index is 1020. The topological polar surface area (TPSA) is 99.2 Å². The Morgan fingerprint density at radius 1 is 1.19 bits per heavy atom. The molecule has 2 aromatic rings. The van der Waals surface area contributed by atoms with Crippen molar-refractivity contribution in [1.82, 2.24) is 4.57 Å². The molecule has 0 aliphatic rings. The Kier molecular flexibility index (Phi) is 5.55. The number of primary amides is 1. The Labute approximate surface area is 147 Å². The molecule has 0 bridgehead atoms. The molecule has 1 aromatic heterocycles. The van der Waals surface area contributed by atoms with E-state index in [0.717, 1.165) is 23.0 Å². The molecule has 0 saturated carbocycles. The molecule has 0 spiro atoms. The maximum Gasteiger partial charge on any atom is 0.251 e. The second kappa shape index (κ2) is 7.32. The van der Waals surface area contributed by atoms with E-state index in [0.29, 0.717) is 6.07 Å². The van der Waals surface area contributed by atoms with E-state index in [4.69, 9.17) is 5.73 Å². The van der Waals surface area contributed by atoms with Crippen LogP contribution in [0.2, 0.25) is 0 Å². The third kappa shape index (κ3) is 4.13. The van der Waals surface area contributed by atoms with Crippen molar-refractivity contribution < 1.29 is 26.4 Å². The second-order valence-corrected chi connectivity index (χ2v) is 7.90. The third-order valence-electron chi connectivity index (χ3n) is 3.80. The molecule has 6 nitrogen and oxygen atoms in total. The van der Waals surface area contributed by atoms with Crippen LogP contribution in [0.15, 0.2) is 35.3 Å². The minimum atomic E-state index is -3.75. The summed E-state index contributed by atoms with van der Waals surface area (Å²) in [5.41, 5.74) is 3.49. The van der Waals surface area contributed by atoms with Crippen molar-refractivity contribution in [2.45, 2.75) is 18.2 Å². The van der Waals surface area contributed by atoms with Gasteiger partial charge in [0, 0.05) is 25.1 Å². The zero-order valence-corrected chi connectivity index (χ0v) is 14.4. The number of rotatable bonds is 6. The molecule has 26 heavy (non-hydrogen) atoms. The molecular formula is C16H15F3N2O4S. The summed E-state index contributed by atoms with van der Waals surface area (Å²) in [4.78, 5) is 23.3. The highest BCUT2D eigenvalue weighted by molar-refractivity contribution is 7.92. The minimum Gasteiger partial charge on any atom is -0.369 e. The van der Waals surface area contributed by atoms with E-state index in [2.05, 4.69) is 0 Å². The first-order valence-electron chi connectivity index (χ1n) is 7.35. The Balaban J connectivity index is 2.33. The van der Waals surface area contributed by atoms with Gasteiger partial charge in [0.05, 0.1) is 5.56 Å². The number of carbonyl (C=O) groups is 1. The van der Waals surface area contributed by atoms with Gasteiger partial charge in [0.15, 0.2) is 21.5 Å². The predicted molar refractivity (Wildman–Crippen MR) is 88.5 cm³/mol. The number of carbonyl (C=O) groups excluding carboxylic acids is 1. The molecule has 0 radical (unpaired) electrons. The van der Waals surface area contributed by atoms with Gasteiger partial charge in [-0.1, -0.05) is 0 Å². The molecule has 140 valence electrons. The number of hydrogen-bond acceptors (Lipinski definition) is 4. The van der Waals surface area contributed by atoms with Crippen LogP contribution < -0.4 is 11.3 Å². The molecule has 2 N–H and O–H groups in total. The highest BCUT2D eigenvalue weighted by atomic mass is 32.2. The summed E-state index contributed by atoms with van der Waals surface area (Å²) < 4.78 is 65.0. The third-order valence-corrected chi connectivity index (χ3v) is 5.30. The monoisotopic (exact) mass is 388 g/mol. The molecular weight excluding hydrogens is 373 g/mol. The van der Waals surface area contributed by atoms with Crippen LogP contribution in [0.5, 0.6) is 0 Å². The zero-order chi connectivity index (χ0) is 19.6. The van der Waals surface area contributed by atoms with Gasteiger partial charge in [0.2, 0.25) is 5.91 Å². The lowest BCUT2D eigenvalue weighted by molar-refractivity contribution is -0.117. The van der Waals surface area contributed by atoms with E-state index in [1.165, 1.54) is 12.3 Å². The van der Waals surface area contributed by atoms with Gasteiger partial charge in [0.25, 0.3) is 5.56 Å². The Morgan fingerprint density at radius 3 is 2.35 bits per heavy atom. The molecule has 1 unspecified atom stereocenters. The first-order valence-corrected chi connectivity index (χ1v) is 9.30. The average molecular weight is 388 g/mol. The van der Waals surface area contributed by atoms with Crippen LogP contribution in [0.3, 0.4) is 0 Å². The van der Waals surface area contributed by atoms with Gasteiger partial charge in [0.1, 0.15) is 11.1 Å². The fraction of sp³-hybridized carbons (Fsp3) is 0.250. The van der Waals surface area contributed by atoms with Crippen LogP contribution in [0.1, 0.15) is 6.42 Å². The average Bonchev–Trinajstić information content (AvgIpc) is 2.52. The van der Waals surface area contributed by atoms with Crippen molar-refractivity contribution >= 4 is 15.7 Å². The van der Waals surface area contributed by atoms with Crippen molar-refractivity contribution in [3.8, 4) is 11.1 Å². The van der Waals surface area contributed by atoms with Crippen molar-refractivity contribution in [3.63, 3.8) is 0 Å². The van der Waals surface area contributed by atoms with Crippen molar-refractivity contribution in [2.75, 3.05) is 6.26 Å². The van der Waals surface area contributed by atoms with Crippen LogP contribution in [0, 0.1) is 17.5 Å². The number of nitrogens with zero attached hydrogens (tertiary/aromatic N) is 1. The second-order valence-electron chi connectivity index (χ2n) is 5.67. The summed E-state index contributed by atoms with van der Waals surface area (Å²) >= 11 is 0. The number of aryl methyl sites for hydroxylation is 1. The van der Waals surface area contributed by atoms with Gasteiger partial charge in [-0.05, 0) is 30.2 Å². The number of halogens is 3. The largest absolute Gasteiger partial charge is 0.369 e.